The number of fused-ring (bicyclic) bond motifs is 1. The van der Waals surface area contributed by atoms with E-state index in [1.165, 1.54) is 11.1 Å². The summed E-state index contributed by atoms with van der Waals surface area (Å²) in [7, 11) is 1.67. The molecule has 1 aliphatic rings. The molecule has 0 amide bonds. The van der Waals surface area contributed by atoms with Gasteiger partial charge in [0.15, 0.2) is 0 Å². The molecule has 0 aliphatic carbocycles. The van der Waals surface area contributed by atoms with Crippen LogP contribution in [0.25, 0.3) is 0 Å². The Morgan fingerprint density at radius 2 is 1.65 bits per heavy atom. The molecule has 0 radical (unpaired) electrons. The molecule has 0 saturated heterocycles. The molecule has 3 aromatic rings. The summed E-state index contributed by atoms with van der Waals surface area (Å²) in [4.78, 5) is 0. The Kier molecular flexibility index (Phi) is 4.60. The highest BCUT2D eigenvalue weighted by atomic mass is 79.9. The van der Waals surface area contributed by atoms with E-state index >= 15 is 0 Å². The number of ether oxygens (including phenoxy) is 2. The molecule has 26 heavy (non-hydrogen) atoms. The normalized spacial score (nSPS) is 18.7. The number of methoxy groups -OCH3 is 1. The van der Waals surface area contributed by atoms with Crippen molar-refractivity contribution in [2.45, 2.75) is 11.8 Å². The molecule has 2 atom stereocenters. The Labute approximate surface area is 161 Å². The second-order valence-corrected chi connectivity index (χ2v) is 7.36. The monoisotopic (exact) mass is 410 g/mol. The first kappa shape index (κ1) is 17.0. The van der Waals surface area contributed by atoms with Crippen LogP contribution in [0.2, 0.25) is 0 Å². The number of benzene rings is 3. The van der Waals surface area contributed by atoms with Gasteiger partial charge >= 0.3 is 0 Å². The van der Waals surface area contributed by atoms with E-state index in [1.54, 1.807) is 19.2 Å². The first-order valence-electron chi connectivity index (χ1n) is 8.51. The van der Waals surface area contributed by atoms with E-state index in [2.05, 4.69) is 52.3 Å². The Hall–Kier alpha value is -2.46. The van der Waals surface area contributed by atoms with Crippen molar-refractivity contribution < 1.29 is 14.6 Å². The molecule has 3 nitrogen and oxygen atoms in total. The predicted molar refractivity (Wildman–Crippen MR) is 105 cm³/mol. The first-order chi connectivity index (χ1) is 12.7. The average Bonchev–Trinajstić information content (AvgIpc) is 2.68. The van der Waals surface area contributed by atoms with E-state index in [0.717, 1.165) is 21.5 Å². The lowest BCUT2D eigenvalue weighted by Crippen LogP contribution is -2.25. The first-order valence-corrected chi connectivity index (χ1v) is 9.30. The van der Waals surface area contributed by atoms with Crippen molar-refractivity contribution in [2.24, 2.45) is 0 Å². The van der Waals surface area contributed by atoms with Gasteiger partial charge in [0.25, 0.3) is 0 Å². The van der Waals surface area contributed by atoms with Crippen molar-refractivity contribution in [3.8, 4) is 17.2 Å². The second kappa shape index (κ2) is 7.04. The van der Waals surface area contributed by atoms with Crippen molar-refractivity contribution in [3.05, 3.63) is 87.9 Å². The number of hydrogen-bond acceptors (Lipinski definition) is 3. The minimum Gasteiger partial charge on any atom is -0.508 e. The van der Waals surface area contributed by atoms with Gasteiger partial charge < -0.3 is 14.6 Å². The van der Waals surface area contributed by atoms with E-state index in [1.807, 2.05) is 18.2 Å². The van der Waals surface area contributed by atoms with Crippen molar-refractivity contribution >= 4 is 15.9 Å². The highest BCUT2D eigenvalue weighted by Crippen LogP contribution is 2.47. The molecule has 1 aliphatic heterocycles. The van der Waals surface area contributed by atoms with Crippen molar-refractivity contribution in [1.29, 1.82) is 0 Å². The van der Waals surface area contributed by atoms with Crippen molar-refractivity contribution in [1.82, 2.24) is 0 Å². The zero-order valence-electron chi connectivity index (χ0n) is 14.4. The number of hydrogen-bond donors (Lipinski definition) is 1. The summed E-state index contributed by atoms with van der Waals surface area (Å²) in [6.45, 7) is 0.564. The molecule has 132 valence electrons. The fraction of sp³-hybridized carbons (Fsp3) is 0.182. The fourth-order valence-corrected chi connectivity index (χ4v) is 3.88. The third kappa shape index (κ3) is 3.17. The molecule has 0 bridgehead atoms. The highest BCUT2D eigenvalue weighted by Gasteiger charge is 2.33. The maximum absolute atomic E-state index is 9.83. The minimum atomic E-state index is 0.145. The SMILES string of the molecule is COc1ccc(C2c3ccc(O)cc3OCC2c2ccc(Br)cc2)cc1. The van der Waals surface area contributed by atoms with E-state index < -0.39 is 0 Å². The predicted octanol–water partition coefficient (Wildman–Crippen LogP) is 5.47. The fourth-order valence-electron chi connectivity index (χ4n) is 3.62. The lowest BCUT2D eigenvalue weighted by Gasteiger charge is -2.34. The molecule has 0 fully saturated rings. The van der Waals surface area contributed by atoms with Gasteiger partial charge in [0.2, 0.25) is 0 Å². The van der Waals surface area contributed by atoms with Gasteiger partial charge in [-0.2, -0.15) is 0 Å². The van der Waals surface area contributed by atoms with Crippen LogP contribution in [0.4, 0.5) is 0 Å². The Bertz CT molecular complexity index is 904. The summed E-state index contributed by atoms with van der Waals surface area (Å²) in [5.41, 5.74) is 3.52. The molecule has 3 aromatic carbocycles. The quantitative estimate of drug-likeness (QED) is 0.621. The maximum Gasteiger partial charge on any atom is 0.126 e. The Balaban J connectivity index is 1.82. The standard InChI is InChI=1S/C22H19BrO3/c1-25-18-9-4-15(5-10-18)22-19-11-8-17(24)12-21(19)26-13-20(22)14-2-6-16(23)7-3-14/h2-12,20,22,24H,13H2,1H3. The van der Waals surface area contributed by atoms with E-state index in [0.29, 0.717) is 6.61 Å². The van der Waals surface area contributed by atoms with E-state index in [9.17, 15) is 5.11 Å². The number of phenols is 1. The van der Waals surface area contributed by atoms with E-state index in [4.69, 9.17) is 9.47 Å². The average molecular weight is 411 g/mol. The third-order valence-electron chi connectivity index (χ3n) is 4.93. The Morgan fingerprint density at radius 3 is 2.35 bits per heavy atom. The Morgan fingerprint density at radius 1 is 0.962 bits per heavy atom. The van der Waals surface area contributed by atoms with Gasteiger partial charge in [0.1, 0.15) is 17.2 Å². The molecule has 0 spiro atoms. The van der Waals surface area contributed by atoms with Crippen LogP contribution in [-0.4, -0.2) is 18.8 Å². The lowest BCUT2D eigenvalue weighted by atomic mass is 9.76. The number of rotatable bonds is 3. The van der Waals surface area contributed by atoms with Crippen LogP contribution in [0.3, 0.4) is 0 Å². The van der Waals surface area contributed by atoms with Crippen LogP contribution in [0, 0.1) is 0 Å². The topological polar surface area (TPSA) is 38.7 Å². The molecule has 1 N–H and O–H groups in total. The van der Waals surface area contributed by atoms with Gasteiger partial charge in [-0.05, 0) is 41.5 Å². The van der Waals surface area contributed by atoms with Crippen LogP contribution < -0.4 is 9.47 Å². The number of aromatic hydroxyl groups is 1. The van der Waals surface area contributed by atoms with Crippen LogP contribution >= 0.6 is 15.9 Å². The molecule has 0 saturated carbocycles. The molecule has 1 heterocycles. The molecular formula is C22H19BrO3. The summed E-state index contributed by atoms with van der Waals surface area (Å²) in [6, 6.07) is 22.0. The van der Waals surface area contributed by atoms with Crippen molar-refractivity contribution in [3.63, 3.8) is 0 Å². The van der Waals surface area contributed by atoms with Gasteiger partial charge in [-0.1, -0.05) is 46.3 Å². The van der Waals surface area contributed by atoms with Crippen LogP contribution in [0.1, 0.15) is 28.5 Å². The summed E-state index contributed by atoms with van der Waals surface area (Å²) in [5, 5.41) is 9.83. The largest absolute Gasteiger partial charge is 0.508 e. The van der Waals surface area contributed by atoms with Crippen LogP contribution in [0.15, 0.2) is 71.2 Å². The number of phenolic OH excluding ortho intramolecular Hbond substituents is 1. The summed E-state index contributed by atoms with van der Waals surface area (Å²) in [6.07, 6.45) is 0. The lowest BCUT2D eigenvalue weighted by molar-refractivity contribution is 0.247. The summed E-state index contributed by atoms with van der Waals surface area (Å²) in [5.74, 6) is 2.14. The minimum absolute atomic E-state index is 0.145. The smallest absolute Gasteiger partial charge is 0.126 e. The van der Waals surface area contributed by atoms with Gasteiger partial charge in [0.05, 0.1) is 13.7 Å². The van der Waals surface area contributed by atoms with Crippen LogP contribution in [0.5, 0.6) is 17.2 Å². The maximum atomic E-state index is 9.83. The van der Waals surface area contributed by atoms with E-state index in [-0.39, 0.29) is 17.6 Å². The molecular weight excluding hydrogens is 392 g/mol. The highest BCUT2D eigenvalue weighted by molar-refractivity contribution is 9.10. The molecule has 2 unspecified atom stereocenters. The van der Waals surface area contributed by atoms with Crippen molar-refractivity contribution in [2.75, 3.05) is 13.7 Å². The molecule has 0 aromatic heterocycles. The second-order valence-electron chi connectivity index (χ2n) is 6.44. The van der Waals surface area contributed by atoms with Gasteiger partial charge in [0, 0.05) is 27.9 Å². The molecule has 4 heteroatoms. The number of halogens is 1. The van der Waals surface area contributed by atoms with Crippen LogP contribution in [-0.2, 0) is 0 Å². The zero-order valence-corrected chi connectivity index (χ0v) is 15.9. The summed E-state index contributed by atoms with van der Waals surface area (Å²) < 4.78 is 12.4. The molecule has 4 rings (SSSR count). The third-order valence-corrected chi connectivity index (χ3v) is 5.45. The van der Waals surface area contributed by atoms with Gasteiger partial charge in [-0.3, -0.25) is 0 Å². The van der Waals surface area contributed by atoms with Gasteiger partial charge in [-0.15, -0.1) is 0 Å². The summed E-state index contributed by atoms with van der Waals surface area (Å²) >= 11 is 3.51. The zero-order chi connectivity index (χ0) is 18.1. The van der Waals surface area contributed by atoms with Gasteiger partial charge in [-0.25, -0.2) is 0 Å².